The summed E-state index contributed by atoms with van der Waals surface area (Å²) in [7, 11) is 3.08. The van der Waals surface area contributed by atoms with E-state index in [0.29, 0.717) is 5.88 Å². The number of aliphatic hydroxyl groups excluding tert-OH is 1. The van der Waals surface area contributed by atoms with Crippen LogP contribution in [0.1, 0.15) is 18.6 Å². The lowest BCUT2D eigenvalue weighted by Crippen LogP contribution is -1.98. The van der Waals surface area contributed by atoms with E-state index in [1.54, 1.807) is 26.6 Å². The summed E-state index contributed by atoms with van der Waals surface area (Å²) in [4.78, 5) is 12.9. The first kappa shape index (κ1) is 17.9. The molecule has 7 nitrogen and oxygen atoms in total. The first-order chi connectivity index (χ1) is 13.6. The smallest absolute Gasteiger partial charge is 0.319 e. The van der Waals surface area contributed by atoms with E-state index in [9.17, 15) is 5.11 Å². The lowest BCUT2D eigenvalue weighted by atomic mass is 10.1. The van der Waals surface area contributed by atoms with Gasteiger partial charge in [0.2, 0.25) is 5.88 Å². The van der Waals surface area contributed by atoms with Crippen molar-refractivity contribution in [1.82, 2.24) is 19.5 Å². The molecular weight excluding hydrogens is 356 g/mol. The van der Waals surface area contributed by atoms with E-state index in [4.69, 9.17) is 9.47 Å². The van der Waals surface area contributed by atoms with Crippen LogP contribution in [0, 0.1) is 0 Å². The maximum atomic E-state index is 9.79. The van der Waals surface area contributed by atoms with Crippen LogP contribution in [0.15, 0.2) is 55.0 Å². The van der Waals surface area contributed by atoms with Gasteiger partial charge in [-0.05, 0) is 42.3 Å². The monoisotopic (exact) mass is 376 g/mol. The Labute approximate surface area is 162 Å². The third kappa shape index (κ3) is 3.16. The molecule has 2 aromatic carbocycles. The molecule has 0 radical (unpaired) electrons. The molecule has 0 bridgehead atoms. The van der Waals surface area contributed by atoms with Crippen LogP contribution in [-0.2, 0) is 0 Å². The third-order valence-electron chi connectivity index (χ3n) is 4.60. The summed E-state index contributed by atoms with van der Waals surface area (Å²) in [6, 6.07) is 14.0. The number of rotatable bonds is 5. The van der Waals surface area contributed by atoms with E-state index in [2.05, 4.69) is 15.0 Å². The average Bonchev–Trinajstić information content (AvgIpc) is 3.16. The van der Waals surface area contributed by atoms with Gasteiger partial charge in [-0.1, -0.05) is 18.2 Å². The van der Waals surface area contributed by atoms with Crippen molar-refractivity contribution in [3.8, 4) is 28.7 Å². The first-order valence-electron chi connectivity index (χ1n) is 8.81. The second-order valence-corrected chi connectivity index (χ2v) is 6.37. The Hall–Kier alpha value is -3.45. The van der Waals surface area contributed by atoms with Crippen LogP contribution in [-0.4, -0.2) is 38.8 Å². The normalized spacial score (nSPS) is 12.1. The van der Waals surface area contributed by atoms with Crippen molar-refractivity contribution in [2.45, 2.75) is 13.0 Å². The molecule has 7 heteroatoms. The highest BCUT2D eigenvalue weighted by Gasteiger charge is 2.13. The summed E-state index contributed by atoms with van der Waals surface area (Å²) in [5.74, 6) is 0.445. The summed E-state index contributed by atoms with van der Waals surface area (Å²) >= 11 is 0. The van der Waals surface area contributed by atoms with Gasteiger partial charge in [0, 0.05) is 11.9 Å². The van der Waals surface area contributed by atoms with Gasteiger partial charge in [0.15, 0.2) is 0 Å². The number of fused-ring (bicyclic) bond motifs is 1. The summed E-state index contributed by atoms with van der Waals surface area (Å²) in [5.41, 5.74) is 5.26. The highest BCUT2D eigenvalue weighted by atomic mass is 16.5. The average molecular weight is 376 g/mol. The third-order valence-corrected chi connectivity index (χ3v) is 4.60. The maximum Gasteiger partial charge on any atom is 0.319 e. The molecule has 2 heterocycles. The van der Waals surface area contributed by atoms with Crippen LogP contribution in [0.4, 0.5) is 0 Å². The number of benzene rings is 2. The number of imidazole rings is 1. The van der Waals surface area contributed by atoms with Crippen LogP contribution in [0.25, 0.3) is 27.8 Å². The molecule has 2 aromatic heterocycles. The zero-order chi connectivity index (χ0) is 19.7. The Morgan fingerprint density at radius 1 is 1.04 bits per heavy atom. The highest BCUT2D eigenvalue weighted by molar-refractivity contribution is 5.79. The molecule has 0 saturated carbocycles. The number of aliphatic hydroxyl groups is 1. The van der Waals surface area contributed by atoms with Gasteiger partial charge < -0.3 is 14.6 Å². The molecule has 0 fully saturated rings. The van der Waals surface area contributed by atoms with Gasteiger partial charge >= 0.3 is 6.01 Å². The Balaban J connectivity index is 1.79. The zero-order valence-electron chi connectivity index (χ0n) is 15.8. The molecule has 0 saturated heterocycles. The van der Waals surface area contributed by atoms with Crippen molar-refractivity contribution in [2.24, 2.45) is 0 Å². The van der Waals surface area contributed by atoms with Crippen molar-refractivity contribution in [3.05, 3.63) is 60.6 Å². The SMILES string of the molecule is COc1ncc(-c2cccc(-n3cnc4cc([C@@H](C)O)ccc43)c2)c(OC)n1. The Bertz CT molecular complexity index is 1140. The fourth-order valence-corrected chi connectivity index (χ4v) is 3.12. The number of aromatic nitrogens is 4. The number of methoxy groups -OCH3 is 2. The minimum absolute atomic E-state index is 0.256. The van der Waals surface area contributed by atoms with Gasteiger partial charge in [-0.3, -0.25) is 4.57 Å². The van der Waals surface area contributed by atoms with E-state index in [1.165, 1.54) is 7.11 Å². The molecular formula is C21H20N4O3. The highest BCUT2D eigenvalue weighted by Crippen LogP contribution is 2.31. The molecule has 0 aliphatic rings. The van der Waals surface area contributed by atoms with Crippen LogP contribution >= 0.6 is 0 Å². The van der Waals surface area contributed by atoms with Gasteiger partial charge in [-0.15, -0.1) is 0 Å². The van der Waals surface area contributed by atoms with Gasteiger partial charge in [-0.2, -0.15) is 4.98 Å². The van der Waals surface area contributed by atoms with Crippen molar-refractivity contribution >= 4 is 11.0 Å². The number of hydrogen-bond acceptors (Lipinski definition) is 6. The molecule has 28 heavy (non-hydrogen) atoms. The second kappa shape index (κ2) is 7.28. The molecule has 0 spiro atoms. The number of hydrogen-bond donors (Lipinski definition) is 1. The van der Waals surface area contributed by atoms with Crippen molar-refractivity contribution in [3.63, 3.8) is 0 Å². The Kier molecular flexibility index (Phi) is 4.67. The van der Waals surface area contributed by atoms with Crippen molar-refractivity contribution in [2.75, 3.05) is 14.2 Å². The fourth-order valence-electron chi connectivity index (χ4n) is 3.12. The molecule has 142 valence electrons. The minimum Gasteiger partial charge on any atom is -0.480 e. The molecule has 1 N–H and O–H groups in total. The molecule has 0 unspecified atom stereocenters. The van der Waals surface area contributed by atoms with Gasteiger partial charge in [0.1, 0.15) is 6.33 Å². The molecule has 0 aliphatic carbocycles. The van der Waals surface area contributed by atoms with E-state index in [0.717, 1.165) is 33.4 Å². The maximum absolute atomic E-state index is 9.79. The van der Waals surface area contributed by atoms with Crippen molar-refractivity contribution < 1.29 is 14.6 Å². The molecule has 0 amide bonds. The fraction of sp³-hybridized carbons (Fsp3) is 0.190. The van der Waals surface area contributed by atoms with Crippen LogP contribution in [0.3, 0.4) is 0 Å². The lowest BCUT2D eigenvalue weighted by molar-refractivity contribution is 0.199. The summed E-state index contributed by atoms with van der Waals surface area (Å²) in [6.07, 6.45) is 2.93. The molecule has 1 atom stereocenters. The van der Waals surface area contributed by atoms with E-state index in [1.807, 2.05) is 47.0 Å². The minimum atomic E-state index is -0.527. The van der Waals surface area contributed by atoms with Gasteiger partial charge in [0.05, 0.1) is 36.9 Å². The first-order valence-corrected chi connectivity index (χ1v) is 8.81. The van der Waals surface area contributed by atoms with Crippen molar-refractivity contribution in [1.29, 1.82) is 0 Å². The lowest BCUT2D eigenvalue weighted by Gasteiger charge is -2.11. The Morgan fingerprint density at radius 3 is 2.64 bits per heavy atom. The predicted octanol–water partition coefficient (Wildman–Crippen LogP) is 3.55. The van der Waals surface area contributed by atoms with Crippen LogP contribution in [0.5, 0.6) is 11.9 Å². The van der Waals surface area contributed by atoms with E-state index in [-0.39, 0.29) is 6.01 Å². The standard InChI is InChI=1S/C21H20N4O3/c1-13(26)14-7-8-19-18(10-14)23-12-25(19)16-6-4-5-15(9-16)17-11-22-21(28-3)24-20(17)27-2/h4-13,26H,1-3H3/t13-/m1/s1. The predicted molar refractivity (Wildman–Crippen MR) is 106 cm³/mol. The summed E-state index contributed by atoms with van der Waals surface area (Å²) < 4.78 is 12.5. The summed E-state index contributed by atoms with van der Waals surface area (Å²) in [6.45, 7) is 1.74. The topological polar surface area (TPSA) is 82.3 Å². The second-order valence-electron chi connectivity index (χ2n) is 6.37. The summed E-state index contributed by atoms with van der Waals surface area (Å²) in [5, 5.41) is 9.79. The quantitative estimate of drug-likeness (QED) is 0.574. The number of ether oxygens (including phenoxy) is 2. The molecule has 4 aromatic rings. The zero-order valence-corrected chi connectivity index (χ0v) is 15.8. The van der Waals surface area contributed by atoms with Crippen LogP contribution < -0.4 is 9.47 Å². The number of nitrogens with zero attached hydrogens (tertiary/aromatic N) is 4. The van der Waals surface area contributed by atoms with Gasteiger partial charge in [-0.25, -0.2) is 9.97 Å². The van der Waals surface area contributed by atoms with E-state index < -0.39 is 6.10 Å². The van der Waals surface area contributed by atoms with Crippen LogP contribution in [0.2, 0.25) is 0 Å². The largest absolute Gasteiger partial charge is 0.480 e. The molecule has 0 aliphatic heterocycles. The van der Waals surface area contributed by atoms with E-state index >= 15 is 0 Å². The molecule has 4 rings (SSSR count). The van der Waals surface area contributed by atoms with Gasteiger partial charge in [0.25, 0.3) is 0 Å². The Morgan fingerprint density at radius 2 is 1.89 bits per heavy atom.